The van der Waals surface area contributed by atoms with E-state index in [0.717, 1.165) is 13.0 Å². The third kappa shape index (κ3) is 8.40. The van der Waals surface area contributed by atoms with Gasteiger partial charge in [0.15, 0.2) is 0 Å². The maximum atomic E-state index is 11.7. The molecule has 0 atom stereocenters. The summed E-state index contributed by atoms with van der Waals surface area (Å²) < 4.78 is 36.3. The highest BCUT2D eigenvalue weighted by molar-refractivity contribution is 7.89. The van der Waals surface area contributed by atoms with Gasteiger partial charge in [-0.15, -0.1) is 0 Å². The van der Waals surface area contributed by atoms with Crippen molar-refractivity contribution in [1.82, 2.24) is 10.0 Å². The Balaban J connectivity index is 3.46. The summed E-state index contributed by atoms with van der Waals surface area (Å²) >= 11 is 0. The van der Waals surface area contributed by atoms with Gasteiger partial charge in [-0.3, -0.25) is 4.39 Å². The van der Waals surface area contributed by atoms with E-state index in [1.165, 1.54) is 0 Å². The Hall–Kier alpha value is -0.200. The SMILES string of the molecule is CCCNCCNS(=O)(=O)CCCF. The van der Waals surface area contributed by atoms with Crippen molar-refractivity contribution in [2.45, 2.75) is 19.8 Å². The maximum Gasteiger partial charge on any atom is 0.211 e. The Bertz CT molecular complexity index is 219. The molecular formula is C8H19FN2O2S. The predicted octanol–water partition coefficient (Wildman–Crippen LogP) is 0.265. The van der Waals surface area contributed by atoms with E-state index in [4.69, 9.17) is 0 Å². The Labute approximate surface area is 85.3 Å². The molecule has 0 radical (unpaired) electrons. The van der Waals surface area contributed by atoms with E-state index in [1.807, 2.05) is 6.92 Å². The first-order valence-corrected chi connectivity index (χ1v) is 6.51. The zero-order chi connectivity index (χ0) is 10.9. The average molecular weight is 226 g/mol. The molecule has 6 heteroatoms. The van der Waals surface area contributed by atoms with Crippen molar-refractivity contribution in [1.29, 1.82) is 0 Å². The molecule has 0 saturated heterocycles. The lowest BCUT2D eigenvalue weighted by molar-refractivity contribution is 0.483. The summed E-state index contributed by atoms with van der Waals surface area (Å²) in [7, 11) is -3.26. The normalized spacial score (nSPS) is 11.9. The molecule has 0 saturated carbocycles. The number of hydrogen-bond donors (Lipinski definition) is 2. The highest BCUT2D eigenvalue weighted by Crippen LogP contribution is 1.89. The molecule has 2 N–H and O–H groups in total. The number of sulfonamides is 1. The van der Waals surface area contributed by atoms with Gasteiger partial charge in [0.05, 0.1) is 12.4 Å². The Morgan fingerprint density at radius 3 is 2.50 bits per heavy atom. The quantitative estimate of drug-likeness (QED) is 0.555. The topological polar surface area (TPSA) is 58.2 Å². The van der Waals surface area contributed by atoms with Gasteiger partial charge in [0.25, 0.3) is 0 Å². The fraction of sp³-hybridized carbons (Fsp3) is 1.00. The molecule has 0 aliphatic heterocycles. The van der Waals surface area contributed by atoms with E-state index >= 15 is 0 Å². The van der Waals surface area contributed by atoms with Gasteiger partial charge in [-0.2, -0.15) is 0 Å². The van der Waals surface area contributed by atoms with Gasteiger partial charge in [0.2, 0.25) is 10.0 Å². The van der Waals surface area contributed by atoms with Gasteiger partial charge in [-0.1, -0.05) is 6.92 Å². The second-order valence-electron chi connectivity index (χ2n) is 3.01. The van der Waals surface area contributed by atoms with Crippen LogP contribution in [0.4, 0.5) is 4.39 Å². The van der Waals surface area contributed by atoms with Crippen molar-refractivity contribution in [2.24, 2.45) is 0 Å². The van der Waals surface area contributed by atoms with E-state index in [1.54, 1.807) is 0 Å². The smallest absolute Gasteiger partial charge is 0.211 e. The van der Waals surface area contributed by atoms with Crippen LogP contribution in [0.2, 0.25) is 0 Å². The molecule has 0 aromatic heterocycles. The summed E-state index contributed by atoms with van der Waals surface area (Å²) in [6, 6.07) is 0. The molecule has 0 amide bonds. The van der Waals surface area contributed by atoms with Crippen LogP contribution in [-0.2, 0) is 10.0 Å². The molecule has 4 nitrogen and oxygen atoms in total. The fourth-order valence-electron chi connectivity index (χ4n) is 0.913. The fourth-order valence-corrected chi connectivity index (χ4v) is 1.96. The van der Waals surface area contributed by atoms with Crippen molar-refractivity contribution in [3.05, 3.63) is 0 Å². The first-order chi connectivity index (χ1) is 6.62. The van der Waals surface area contributed by atoms with Crippen LogP contribution in [0.15, 0.2) is 0 Å². The number of rotatable bonds is 9. The highest BCUT2D eigenvalue weighted by Gasteiger charge is 2.07. The number of alkyl halides is 1. The molecule has 0 heterocycles. The van der Waals surface area contributed by atoms with E-state index in [-0.39, 0.29) is 12.2 Å². The minimum Gasteiger partial charge on any atom is -0.315 e. The van der Waals surface area contributed by atoms with E-state index in [9.17, 15) is 12.8 Å². The van der Waals surface area contributed by atoms with E-state index < -0.39 is 16.7 Å². The number of hydrogen-bond acceptors (Lipinski definition) is 3. The van der Waals surface area contributed by atoms with Crippen molar-refractivity contribution >= 4 is 10.0 Å². The summed E-state index contributed by atoms with van der Waals surface area (Å²) in [5.41, 5.74) is 0. The van der Waals surface area contributed by atoms with Gasteiger partial charge in [-0.05, 0) is 19.4 Å². The third-order valence-corrected chi connectivity index (χ3v) is 3.07. The third-order valence-electron chi connectivity index (χ3n) is 1.60. The monoisotopic (exact) mass is 226 g/mol. The Morgan fingerprint density at radius 2 is 1.93 bits per heavy atom. The van der Waals surface area contributed by atoms with E-state index in [0.29, 0.717) is 13.1 Å². The molecule has 0 aromatic rings. The van der Waals surface area contributed by atoms with Gasteiger partial charge >= 0.3 is 0 Å². The molecular weight excluding hydrogens is 207 g/mol. The second-order valence-corrected chi connectivity index (χ2v) is 4.93. The maximum absolute atomic E-state index is 11.7. The van der Waals surface area contributed by atoms with Crippen molar-refractivity contribution in [3.63, 3.8) is 0 Å². The van der Waals surface area contributed by atoms with Crippen LogP contribution in [0.1, 0.15) is 19.8 Å². The van der Waals surface area contributed by atoms with Crippen LogP contribution < -0.4 is 10.0 Å². The Morgan fingerprint density at radius 1 is 1.21 bits per heavy atom. The summed E-state index contributed by atoms with van der Waals surface area (Å²) in [4.78, 5) is 0. The van der Waals surface area contributed by atoms with E-state index in [2.05, 4.69) is 10.0 Å². The summed E-state index contributed by atoms with van der Waals surface area (Å²) in [5.74, 6) is -0.128. The average Bonchev–Trinajstić information content (AvgIpc) is 2.15. The van der Waals surface area contributed by atoms with Crippen LogP contribution in [0.5, 0.6) is 0 Å². The van der Waals surface area contributed by atoms with Crippen LogP contribution in [-0.4, -0.2) is 40.5 Å². The summed E-state index contributed by atoms with van der Waals surface area (Å²) in [6.45, 7) is 3.32. The minimum atomic E-state index is -3.26. The summed E-state index contributed by atoms with van der Waals surface area (Å²) in [6.07, 6.45) is 1.09. The van der Waals surface area contributed by atoms with Crippen molar-refractivity contribution in [3.8, 4) is 0 Å². The van der Waals surface area contributed by atoms with Gasteiger partial charge < -0.3 is 5.32 Å². The van der Waals surface area contributed by atoms with Crippen LogP contribution in [0, 0.1) is 0 Å². The number of nitrogens with one attached hydrogen (secondary N) is 2. The molecule has 0 aliphatic rings. The molecule has 0 aromatic carbocycles. The highest BCUT2D eigenvalue weighted by atomic mass is 32.2. The lowest BCUT2D eigenvalue weighted by atomic mass is 10.5. The molecule has 0 fully saturated rings. The number of halogens is 1. The van der Waals surface area contributed by atoms with Crippen LogP contribution in [0.3, 0.4) is 0 Å². The predicted molar refractivity (Wildman–Crippen MR) is 55.5 cm³/mol. The molecule has 14 heavy (non-hydrogen) atoms. The van der Waals surface area contributed by atoms with Crippen molar-refractivity contribution in [2.75, 3.05) is 32.1 Å². The molecule has 0 bridgehead atoms. The van der Waals surface area contributed by atoms with Gasteiger partial charge in [0, 0.05) is 13.1 Å². The van der Waals surface area contributed by atoms with Gasteiger partial charge in [0.1, 0.15) is 0 Å². The first kappa shape index (κ1) is 13.8. The lowest BCUT2D eigenvalue weighted by Crippen LogP contribution is -2.33. The summed E-state index contributed by atoms with van der Waals surface area (Å²) in [5, 5.41) is 3.06. The molecule has 0 rings (SSSR count). The molecule has 0 unspecified atom stereocenters. The van der Waals surface area contributed by atoms with Gasteiger partial charge in [-0.25, -0.2) is 13.1 Å². The largest absolute Gasteiger partial charge is 0.315 e. The Kier molecular flexibility index (Phi) is 8.02. The zero-order valence-corrected chi connectivity index (χ0v) is 9.37. The standard InChI is InChI=1S/C8H19FN2O2S/c1-2-5-10-6-7-11-14(12,13)8-3-4-9/h10-11H,2-8H2,1H3. The second kappa shape index (κ2) is 8.14. The molecule has 0 aliphatic carbocycles. The molecule has 0 spiro atoms. The zero-order valence-electron chi connectivity index (χ0n) is 8.55. The molecule has 86 valence electrons. The van der Waals surface area contributed by atoms with Crippen molar-refractivity contribution < 1.29 is 12.8 Å². The van der Waals surface area contributed by atoms with Crippen LogP contribution in [0.25, 0.3) is 0 Å². The first-order valence-electron chi connectivity index (χ1n) is 4.86. The van der Waals surface area contributed by atoms with Crippen LogP contribution >= 0.6 is 0 Å². The minimum absolute atomic E-state index is 0.0672. The lowest BCUT2D eigenvalue weighted by Gasteiger charge is -2.06.